The van der Waals surface area contributed by atoms with Crippen LogP contribution in [-0.2, 0) is 0 Å². The van der Waals surface area contributed by atoms with Crippen LogP contribution in [0.25, 0.3) is 43.1 Å². The third kappa shape index (κ3) is 5.33. The molecule has 0 bridgehead atoms. The van der Waals surface area contributed by atoms with Crippen LogP contribution in [0.2, 0.25) is 0 Å². The van der Waals surface area contributed by atoms with Crippen LogP contribution in [0.15, 0.2) is 109 Å². The van der Waals surface area contributed by atoms with Gasteiger partial charge in [-0.2, -0.15) is 0 Å². The quantitative estimate of drug-likeness (QED) is 0.0646. The van der Waals surface area contributed by atoms with Crippen molar-refractivity contribution >= 4 is 66.4 Å². The van der Waals surface area contributed by atoms with Crippen molar-refractivity contribution in [1.82, 2.24) is 0 Å². The zero-order valence-electron chi connectivity index (χ0n) is 27.7. The molecule has 48 heavy (non-hydrogen) atoms. The van der Waals surface area contributed by atoms with Gasteiger partial charge in [-0.1, -0.05) is 48.5 Å². The Morgan fingerprint density at radius 3 is 1.12 bits per heavy atom. The Morgan fingerprint density at radius 2 is 0.771 bits per heavy atom. The van der Waals surface area contributed by atoms with Gasteiger partial charge in [0.1, 0.15) is 11.5 Å². The van der Waals surface area contributed by atoms with Gasteiger partial charge in [0, 0.05) is 37.6 Å². The summed E-state index contributed by atoms with van der Waals surface area (Å²) in [7, 11) is 0. The first-order valence-electron chi connectivity index (χ1n) is 16.7. The van der Waals surface area contributed by atoms with E-state index in [9.17, 15) is 9.59 Å². The van der Waals surface area contributed by atoms with Crippen molar-refractivity contribution in [3.05, 3.63) is 120 Å². The Hall–Kier alpha value is -5.62. The SMILES string of the molecule is CCN(CC)c1ccc(OC(=O)c2ccc3c4cccc5c(C(=O)Oc6ccc(N(CC)CC)cc6)ccc(c6cccc2c63)c54)cc1. The summed E-state index contributed by atoms with van der Waals surface area (Å²) < 4.78 is 11.8. The van der Waals surface area contributed by atoms with Crippen molar-refractivity contribution < 1.29 is 19.1 Å². The Balaban J connectivity index is 1.25. The highest BCUT2D eigenvalue weighted by Crippen LogP contribution is 2.42. The first-order valence-corrected chi connectivity index (χ1v) is 16.7. The van der Waals surface area contributed by atoms with Crippen LogP contribution < -0.4 is 19.3 Å². The molecule has 0 radical (unpaired) electrons. The van der Waals surface area contributed by atoms with E-state index in [0.29, 0.717) is 22.6 Å². The smallest absolute Gasteiger partial charge is 0.344 e. The van der Waals surface area contributed by atoms with E-state index in [1.807, 2.05) is 97.1 Å². The van der Waals surface area contributed by atoms with Gasteiger partial charge in [0.15, 0.2) is 0 Å². The average molecular weight is 635 g/mol. The summed E-state index contributed by atoms with van der Waals surface area (Å²) in [5, 5.41) is 7.68. The van der Waals surface area contributed by atoms with Crippen molar-refractivity contribution in [3.63, 3.8) is 0 Å². The van der Waals surface area contributed by atoms with Gasteiger partial charge in [0.2, 0.25) is 0 Å². The van der Waals surface area contributed by atoms with E-state index in [1.54, 1.807) is 0 Å². The molecular formula is C42H38N2O4. The monoisotopic (exact) mass is 634 g/mol. The van der Waals surface area contributed by atoms with E-state index in [4.69, 9.17) is 9.47 Å². The van der Waals surface area contributed by atoms with Gasteiger partial charge in [-0.3, -0.25) is 0 Å². The number of hydrogen-bond acceptors (Lipinski definition) is 6. The van der Waals surface area contributed by atoms with Crippen molar-refractivity contribution in [2.24, 2.45) is 0 Å². The molecule has 0 aliphatic carbocycles. The van der Waals surface area contributed by atoms with Crippen LogP contribution in [0, 0.1) is 0 Å². The fourth-order valence-corrected chi connectivity index (χ4v) is 7.02. The van der Waals surface area contributed by atoms with Gasteiger partial charge in [-0.15, -0.1) is 0 Å². The van der Waals surface area contributed by atoms with E-state index in [0.717, 1.165) is 80.6 Å². The maximum absolute atomic E-state index is 13.6. The third-order valence-electron chi connectivity index (χ3n) is 9.45. The highest BCUT2D eigenvalue weighted by Gasteiger charge is 2.21. The molecule has 0 aromatic heterocycles. The second-order valence-electron chi connectivity index (χ2n) is 11.9. The van der Waals surface area contributed by atoms with Gasteiger partial charge in [-0.05, 0) is 131 Å². The van der Waals surface area contributed by atoms with Crippen LogP contribution in [0.3, 0.4) is 0 Å². The number of fused-ring (bicyclic) bond motifs is 2. The molecule has 6 heteroatoms. The highest BCUT2D eigenvalue weighted by atomic mass is 16.5. The fourth-order valence-electron chi connectivity index (χ4n) is 7.02. The van der Waals surface area contributed by atoms with Crippen molar-refractivity contribution in [1.29, 1.82) is 0 Å². The standard InChI is InChI=1S/C42H38N2O4/c1-5-43(6-2)27-15-19-29(20-16-27)47-41(45)37-25-23-35-32-12-10-14-34-38(26-24-36(40(32)34)31-11-9-13-33(37)39(31)35)42(46)48-30-21-17-28(18-22-30)44(7-3)8-4/h9-26H,5-8H2,1-4H3. The Bertz CT molecular complexity index is 2080. The molecule has 7 aromatic carbocycles. The number of carbonyl (C=O) groups excluding carboxylic acids is 2. The lowest BCUT2D eigenvalue weighted by atomic mass is 9.87. The normalized spacial score (nSPS) is 11.4. The number of benzene rings is 7. The van der Waals surface area contributed by atoms with Crippen LogP contribution in [0.5, 0.6) is 11.5 Å². The van der Waals surface area contributed by atoms with Crippen LogP contribution >= 0.6 is 0 Å². The third-order valence-corrected chi connectivity index (χ3v) is 9.45. The zero-order valence-corrected chi connectivity index (χ0v) is 27.7. The molecule has 240 valence electrons. The molecule has 0 unspecified atom stereocenters. The molecule has 0 saturated carbocycles. The van der Waals surface area contributed by atoms with Crippen molar-refractivity contribution in [3.8, 4) is 11.5 Å². The Kier molecular flexibility index (Phi) is 8.32. The van der Waals surface area contributed by atoms with E-state index < -0.39 is 11.9 Å². The number of ether oxygens (including phenoxy) is 2. The molecule has 0 amide bonds. The molecule has 7 rings (SSSR count). The first kappa shape index (κ1) is 31.0. The molecule has 7 aromatic rings. The minimum Gasteiger partial charge on any atom is -0.423 e. The summed E-state index contributed by atoms with van der Waals surface area (Å²) in [6.07, 6.45) is 0. The largest absolute Gasteiger partial charge is 0.423 e. The minimum absolute atomic E-state index is 0.401. The van der Waals surface area contributed by atoms with Gasteiger partial charge in [-0.25, -0.2) is 9.59 Å². The summed E-state index contributed by atoms with van der Waals surface area (Å²) in [6, 6.07) is 35.0. The van der Waals surface area contributed by atoms with Gasteiger partial charge in [0.05, 0.1) is 11.1 Å². The highest BCUT2D eigenvalue weighted by molar-refractivity contribution is 6.35. The Morgan fingerprint density at radius 1 is 0.438 bits per heavy atom. The summed E-state index contributed by atoms with van der Waals surface area (Å²) in [4.78, 5) is 31.7. The second-order valence-corrected chi connectivity index (χ2v) is 11.9. The van der Waals surface area contributed by atoms with Crippen molar-refractivity contribution in [2.45, 2.75) is 27.7 Å². The van der Waals surface area contributed by atoms with E-state index in [2.05, 4.69) is 49.6 Å². The number of hydrogen-bond donors (Lipinski definition) is 0. The number of carbonyl (C=O) groups is 2. The van der Waals surface area contributed by atoms with E-state index in [-0.39, 0.29) is 0 Å². The van der Waals surface area contributed by atoms with E-state index >= 15 is 0 Å². The summed E-state index contributed by atoms with van der Waals surface area (Å²) in [5.41, 5.74) is 3.20. The number of nitrogens with zero attached hydrogens (tertiary/aromatic N) is 2. The second kappa shape index (κ2) is 12.9. The van der Waals surface area contributed by atoms with E-state index in [1.165, 1.54) is 0 Å². The molecule has 0 fully saturated rings. The predicted octanol–water partition coefficient (Wildman–Crippen LogP) is 9.87. The fraction of sp³-hybridized carbons (Fsp3) is 0.190. The van der Waals surface area contributed by atoms with Crippen LogP contribution in [0.4, 0.5) is 11.4 Å². The maximum Gasteiger partial charge on any atom is 0.344 e. The lowest BCUT2D eigenvalue weighted by Crippen LogP contribution is -2.21. The molecule has 0 aliphatic heterocycles. The lowest BCUT2D eigenvalue weighted by molar-refractivity contribution is 0.0727. The predicted molar refractivity (Wildman–Crippen MR) is 198 cm³/mol. The van der Waals surface area contributed by atoms with Crippen molar-refractivity contribution in [2.75, 3.05) is 36.0 Å². The molecule has 0 aliphatic rings. The average Bonchev–Trinajstić information content (AvgIpc) is 3.12. The minimum atomic E-state index is -0.401. The summed E-state index contributed by atoms with van der Waals surface area (Å²) >= 11 is 0. The molecule has 0 heterocycles. The van der Waals surface area contributed by atoms with Crippen LogP contribution in [0.1, 0.15) is 48.4 Å². The zero-order chi connectivity index (χ0) is 33.4. The van der Waals surface area contributed by atoms with Crippen LogP contribution in [-0.4, -0.2) is 38.1 Å². The molecular weight excluding hydrogens is 596 g/mol. The number of anilines is 2. The molecule has 0 spiro atoms. The molecule has 0 atom stereocenters. The van der Waals surface area contributed by atoms with Gasteiger partial charge in [0.25, 0.3) is 0 Å². The topological polar surface area (TPSA) is 59.1 Å². The Labute approximate surface area is 280 Å². The maximum atomic E-state index is 13.6. The molecule has 0 N–H and O–H groups in total. The first-order chi connectivity index (χ1) is 23.4. The summed E-state index contributed by atoms with van der Waals surface area (Å²) in [5.74, 6) is 0.208. The van der Waals surface area contributed by atoms with Gasteiger partial charge < -0.3 is 19.3 Å². The van der Waals surface area contributed by atoms with Gasteiger partial charge >= 0.3 is 11.9 Å². The number of rotatable bonds is 10. The lowest BCUT2D eigenvalue weighted by Gasteiger charge is -2.21. The number of esters is 2. The summed E-state index contributed by atoms with van der Waals surface area (Å²) in [6.45, 7) is 12.1. The molecule has 0 saturated heterocycles. The molecule has 6 nitrogen and oxygen atoms in total.